The first-order chi connectivity index (χ1) is 15.7. The molecule has 1 aromatic heterocycles. The van der Waals surface area contributed by atoms with Crippen molar-refractivity contribution in [2.45, 2.75) is 13.1 Å². The number of ether oxygens (including phenoxy) is 2. The summed E-state index contributed by atoms with van der Waals surface area (Å²) in [4.78, 5) is 0. The summed E-state index contributed by atoms with van der Waals surface area (Å²) in [6.45, 7) is 1.25. The molecular formula is C26H24N4O2. The van der Waals surface area contributed by atoms with Gasteiger partial charge in [-0.05, 0) is 41.5 Å². The van der Waals surface area contributed by atoms with E-state index in [2.05, 4.69) is 39.5 Å². The molecule has 0 unspecified atom stereocenters. The molecular weight excluding hydrogens is 400 g/mol. The van der Waals surface area contributed by atoms with E-state index in [1.165, 1.54) is 0 Å². The first-order valence-electron chi connectivity index (χ1n) is 10.3. The first-order valence-corrected chi connectivity index (χ1v) is 10.3. The third kappa shape index (κ3) is 4.57. The van der Waals surface area contributed by atoms with E-state index in [0.717, 1.165) is 27.6 Å². The SMILES string of the molecule is COc1ccc(CN/N=C\c2cn(Cc3cccc(C#N)c3)c3ccccc23)cc1OC. The van der Waals surface area contributed by atoms with Crippen molar-refractivity contribution in [1.29, 1.82) is 5.26 Å². The Morgan fingerprint density at radius 3 is 2.62 bits per heavy atom. The molecule has 0 atom stereocenters. The number of hydrazone groups is 1. The van der Waals surface area contributed by atoms with Gasteiger partial charge in [-0.2, -0.15) is 10.4 Å². The molecule has 0 spiro atoms. The number of nitrogens with one attached hydrogen (secondary N) is 1. The molecule has 4 aromatic rings. The van der Waals surface area contributed by atoms with E-state index < -0.39 is 0 Å². The highest BCUT2D eigenvalue weighted by Gasteiger charge is 2.08. The fourth-order valence-electron chi connectivity index (χ4n) is 3.69. The van der Waals surface area contributed by atoms with Gasteiger partial charge in [-0.3, -0.25) is 0 Å². The van der Waals surface area contributed by atoms with Crippen molar-refractivity contribution in [2.75, 3.05) is 14.2 Å². The third-order valence-electron chi connectivity index (χ3n) is 5.25. The summed E-state index contributed by atoms with van der Waals surface area (Å²) < 4.78 is 12.8. The van der Waals surface area contributed by atoms with Crippen molar-refractivity contribution in [3.63, 3.8) is 0 Å². The lowest BCUT2D eigenvalue weighted by molar-refractivity contribution is 0.354. The molecule has 32 heavy (non-hydrogen) atoms. The summed E-state index contributed by atoms with van der Waals surface area (Å²) in [6, 6.07) is 23.9. The summed E-state index contributed by atoms with van der Waals surface area (Å²) >= 11 is 0. The van der Waals surface area contributed by atoms with Crippen LogP contribution in [0.2, 0.25) is 0 Å². The minimum atomic E-state index is 0.566. The van der Waals surface area contributed by atoms with Gasteiger partial charge in [0, 0.05) is 29.2 Å². The summed E-state index contributed by atoms with van der Waals surface area (Å²) in [5.74, 6) is 1.40. The Morgan fingerprint density at radius 2 is 1.81 bits per heavy atom. The van der Waals surface area contributed by atoms with Crippen LogP contribution in [0.1, 0.15) is 22.3 Å². The van der Waals surface area contributed by atoms with E-state index in [0.29, 0.717) is 30.2 Å². The van der Waals surface area contributed by atoms with E-state index in [4.69, 9.17) is 14.7 Å². The minimum absolute atomic E-state index is 0.566. The molecule has 0 bridgehead atoms. The van der Waals surface area contributed by atoms with Crippen LogP contribution in [-0.2, 0) is 13.1 Å². The fraction of sp³-hybridized carbons (Fsp3) is 0.154. The number of nitrogens with zero attached hydrogens (tertiary/aromatic N) is 3. The number of fused-ring (bicyclic) bond motifs is 1. The van der Waals surface area contributed by atoms with Gasteiger partial charge in [0.25, 0.3) is 0 Å². The predicted molar refractivity (Wildman–Crippen MR) is 126 cm³/mol. The van der Waals surface area contributed by atoms with Gasteiger partial charge in [0.15, 0.2) is 11.5 Å². The van der Waals surface area contributed by atoms with E-state index in [1.54, 1.807) is 14.2 Å². The largest absolute Gasteiger partial charge is 0.493 e. The first kappa shape index (κ1) is 21.0. The highest BCUT2D eigenvalue weighted by atomic mass is 16.5. The van der Waals surface area contributed by atoms with Gasteiger partial charge in [0.05, 0.1) is 38.6 Å². The lowest BCUT2D eigenvalue weighted by Gasteiger charge is -2.09. The number of hydrogen-bond donors (Lipinski definition) is 1. The lowest BCUT2D eigenvalue weighted by Crippen LogP contribution is -2.06. The number of benzene rings is 3. The maximum Gasteiger partial charge on any atom is 0.161 e. The lowest BCUT2D eigenvalue weighted by atomic mass is 10.1. The molecule has 6 heteroatoms. The second-order valence-electron chi connectivity index (χ2n) is 7.32. The second-order valence-corrected chi connectivity index (χ2v) is 7.32. The molecule has 0 aliphatic heterocycles. The number of methoxy groups -OCH3 is 2. The Hall–Kier alpha value is -4.24. The number of hydrogen-bond acceptors (Lipinski definition) is 5. The molecule has 3 aromatic carbocycles. The number of aromatic nitrogens is 1. The normalized spacial score (nSPS) is 10.9. The number of para-hydroxylation sites is 1. The molecule has 4 rings (SSSR count). The molecule has 0 amide bonds. The van der Waals surface area contributed by atoms with Crippen LogP contribution in [0, 0.1) is 11.3 Å². The average molecular weight is 425 g/mol. The Morgan fingerprint density at radius 1 is 0.969 bits per heavy atom. The summed E-state index contributed by atoms with van der Waals surface area (Å²) in [5, 5.41) is 14.7. The fourth-order valence-corrected chi connectivity index (χ4v) is 3.69. The molecule has 6 nitrogen and oxygen atoms in total. The Labute approximate surface area is 187 Å². The number of rotatable bonds is 8. The van der Waals surface area contributed by atoms with Crippen LogP contribution in [0.25, 0.3) is 10.9 Å². The zero-order chi connectivity index (χ0) is 22.3. The van der Waals surface area contributed by atoms with Crippen LogP contribution in [0.5, 0.6) is 11.5 Å². The zero-order valence-corrected chi connectivity index (χ0v) is 18.1. The smallest absolute Gasteiger partial charge is 0.161 e. The zero-order valence-electron chi connectivity index (χ0n) is 18.1. The summed E-state index contributed by atoms with van der Waals surface area (Å²) in [7, 11) is 3.25. The third-order valence-corrected chi connectivity index (χ3v) is 5.25. The van der Waals surface area contributed by atoms with Gasteiger partial charge < -0.3 is 19.5 Å². The van der Waals surface area contributed by atoms with Crippen LogP contribution >= 0.6 is 0 Å². The summed E-state index contributed by atoms with van der Waals surface area (Å²) in [5.41, 5.74) is 8.04. The molecule has 160 valence electrons. The second kappa shape index (κ2) is 9.71. The molecule has 0 radical (unpaired) electrons. The van der Waals surface area contributed by atoms with Crippen LogP contribution in [-0.4, -0.2) is 25.0 Å². The van der Waals surface area contributed by atoms with Gasteiger partial charge in [0.1, 0.15) is 0 Å². The van der Waals surface area contributed by atoms with E-state index in [1.807, 2.05) is 60.8 Å². The summed E-state index contributed by atoms with van der Waals surface area (Å²) in [6.07, 6.45) is 3.93. The highest BCUT2D eigenvalue weighted by Crippen LogP contribution is 2.27. The van der Waals surface area contributed by atoms with Gasteiger partial charge in [-0.1, -0.05) is 36.4 Å². The van der Waals surface area contributed by atoms with Gasteiger partial charge in [0.2, 0.25) is 0 Å². The Kier molecular flexibility index (Phi) is 6.38. The maximum absolute atomic E-state index is 9.17. The maximum atomic E-state index is 9.17. The molecule has 0 aliphatic rings. The topological polar surface area (TPSA) is 71.6 Å². The van der Waals surface area contributed by atoms with Gasteiger partial charge >= 0.3 is 0 Å². The van der Waals surface area contributed by atoms with Crippen LogP contribution in [0.3, 0.4) is 0 Å². The molecule has 0 saturated carbocycles. The van der Waals surface area contributed by atoms with Crippen molar-refractivity contribution < 1.29 is 9.47 Å². The van der Waals surface area contributed by atoms with Gasteiger partial charge in [-0.15, -0.1) is 0 Å². The van der Waals surface area contributed by atoms with E-state index >= 15 is 0 Å². The van der Waals surface area contributed by atoms with Crippen LogP contribution in [0.15, 0.2) is 78.0 Å². The van der Waals surface area contributed by atoms with Crippen molar-refractivity contribution in [1.82, 2.24) is 9.99 Å². The van der Waals surface area contributed by atoms with Gasteiger partial charge in [-0.25, -0.2) is 0 Å². The van der Waals surface area contributed by atoms with Crippen LogP contribution in [0.4, 0.5) is 0 Å². The molecule has 0 fully saturated rings. The van der Waals surface area contributed by atoms with E-state index in [9.17, 15) is 0 Å². The Balaban J connectivity index is 1.51. The van der Waals surface area contributed by atoms with E-state index in [-0.39, 0.29) is 0 Å². The highest BCUT2D eigenvalue weighted by molar-refractivity contribution is 5.99. The van der Waals surface area contributed by atoms with Crippen LogP contribution < -0.4 is 14.9 Å². The number of nitriles is 1. The minimum Gasteiger partial charge on any atom is -0.493 e. The van der Waals surface area contributed by atoms with Crippen molar-refractivity contribution >= 4 is 17.1 Å². The van der Waals surface area contributed by atoms with Crippen molar-refractivity contribution in [3.05, 3.63) is 95.2 Å². The standard InChI is InChI=1S/C26H24N4O2/c1-31-25-11-10-20(13-26(25)32-2)15-28-29-16-22-18-30(24-9-4-3-8-23(22)24)17-21-7-5-6-19(12-21)14-27/h3-13,16,18,28H,15,17H2,1-2H3/b29-16-. The van der Waals surface area contributed by atoms with Crippen molar-refractivity contribution in [2.24, 2.45) is 5.10 Å². The average Bonchev–Trinajstić information content (AvgIpc) is 3.19. The molecule has 0 aliphatic carbocycles. The molecule has 1 heterocycles. The monoisotopic (exact) mass is 424 g/mol. The predicted octanol–water partition coefficient (Wildman–Crippen LogP) is 4.70. The van der Waals surface area contributed by atoms with Crippen molar-refractivity contribution in [3.8, 4) is 17.6 Å². The molecule has 1 N–H and O–H groups in total. The molecule has 0 saturated heterocycles. The Bertz CT molecular complexity index is 1300. The quantitative estimate of drug-likeness (QED) is 0.329.